The second-order valence-corrected chi connectivity index (χ2v) is 35.0. The maximum atomic E-state index is 6.53. The molecule has 0 aliphatic heterocycles. The van der Waals surface area contributed by atoms with E-state index in [4.69, 9.17) is 36.5 Å². The fourth-order valence-electron chi connectivity index (χ4n) is 16.0. The predicted molar refractivity (Wildman–Crippen MR) is 530 cm³/mol. The van der Waals surface area contributed by atoms with Crippen LogP contribution in [-0.2, 0) is 56.2 Å². The first-order valence-corrected chi connectivity index (χ1v) is 45.1. The minimum atomic E-state index is 0.0432. The molecule has 0 radical (unpaired) electrons. The first kappa shape index (κ1) is 86.8. The summed E-state index contributed by atoms with van der Waals surface area (Å²) in [6.07, 6.45) is 0. The molecule has 3 aromatic heterocycles. The van der Waals surface area contributed by atoms with Crippen molar-refractivity contribution in [2.45, 2.75) is 78.8 Å². The smallest absolute Gasteiger partial charge is 0.248 e. The number of hydrogen-bond acceptors (Lipinski definition) is 17. The highest BCUT2D eigenvalue weighted by Crippen LogP contribution is 2.42. The molecule has 0 amide bonds. The molecule has 16 nitrogen and oxygen atoms in total. The van der Waals surface area contributed by atoms with Crippen LogP contribution in [0.5, 0.6) is 0 Å². The Hall–Kier alpha value is -14.9. The maximum absolute atomic E-state index is 6.53. The normalized spacial score (nSPS) is 11.5. The van der Waals surface area contributed by atoms with Crippen molar-refractivity contribution in [3.63, 3.8) is 0 Å². The summed E-state index contributed by atoms with van der Waals surface area (Å²) < 4.78 is 47.6. The van der Waals surface area contributed by atoms with Gasteiger partial charge >= 0.3 is 0 Å². The number of rotatable bonds is 32. The lowest BCUT2D eigenvalue weighted by Crippen LogP contribution is -2.31. The molecule has 0 atom stereocenters. The van der Waals surface area contributed by atoms with Gasteiger partial charge in [0.2, 0.25) is 23.6 Å². The second kappa shape index (κ2) is 40.6. The second-order valence-electron chi connectivity index (χ2n) is 34.4. The van der Waals surface area contributed by atoms with Gasteiger partial charge in [-0.2, -0.15) is 8.75 Å². The van der Waals surface area contributed by atoms with Gasteiger partial charge in [-0.15, -0.1) is 20.4 Å². The average Bonchev–Trinajstić information content (AvgIpc) is 1.36. The minimum absolute atomic E-state index is 0.0432. The summed E-state index contributed by atoms with van der Waals surface area (Å²) in [5.41, 5.74) is 23.5. The van der Waals surface area contributed by atoms with Crippen LogP contribution >= 0.6 is 11.7 Å². The third-order valence-corrected chi connectivity index (χ3v) is 23.9. The van der Waals surface area contributed by atoms with Gasteiger partial charge in [0.1, 0.15) is 11.0 Å². The molecule has 18 rings (SSSR count). The van der Waals surface area contributed by atoms with Crippen molar-refractivity contribution in [1.82, 2.24) is 29.1 Å². The molecular weight excluding hydrogens is 1640 g/mol. The Bertz CT molecular complexity index is 6670. The summed E-state index contributed by atoms with van der Waals surface area (Å²) in [6.45, 7) is 19.4. The van der Waals surface area contributed by atoms with Gasteiger partial charge in [0.25, 0.3) is 0 Å². The third-order valence-electron chi connectivity index (χ3n) is 23.3. The largest absolute Gasteiger partial charge is 0.416 e. The first-order valence-electron chi connectivity index (χ1n) is 44.4. The Morgan fingerprint density at radius 2 is 0.573 bits per heavy atom. The van der Waals surface area contributed by atoms with Crippen LogP contribution in [0.1, 0.15) is 97.2 Å². The molecule has 0 aliphatic rings. The highest BCUT2D eigenvalue weighted by Gasteiger charge is 2.23. The molecule has 0 saturated heterocycles. The van der Waals surface area contributed by atoms with Crippen LogP contribution in [0.2, 0.25) is 0 Å². The van der Waals surface area contributed by atoms with E-state index in [9.17, 15) is 0 Å². The van der Waals surface area contributed by atoms with E-state index < -0.39 is 0 Å². The van der Waals surface area contributed by atoms with Crippen molar-refractivity contribution < 1.29 is 27.8 Å². The zero-order valence-electron chi connectivity index (χ0n) is 74.3. The highest BCUT2D eigenvalue weighted by atomic mass is 32.1. The van der Waals surface area contributed by atoms with Gasteiger partial charge in [-0.05, 0) is 225 Å². The van der Waals surface area contributed by atoms with E-state index in [2.05, 4.69) is 372 Å². The van der Waals surface area contributed by atoms with E-state index in [1.807, 2.05) is 84.9 Å². The molecule has 0 unspecified atom stereocenters. The van der Waals surface area contributed by atoms with Gasteiger partial charge in [-0.1, -0.05) is 247 Å². The van der Waals surface area contributed by atoms with Crippen LogP contribution in [0, 0.1) is 23.7 Å². The van der Waals surface area contributed by atoms with E-state index >= 15 is 0 Å². The van der Waals surface area contributed by atoms with Crippen LogP contribution < -0.4 is 19.6 Å². The Morgan fingerprint density at radius 3 is 0.908 bits per heavy atom. The summed E-state index contributed by atoms with van der Waals surface area (Å²) in [5.74, 6) is 15.6. The molecule has 0 spiro atoms. The third kappa shape index (κ3) is 21.4. The molecule has 0 bridgehead atoms. The number of hydrogen-bond donors (Lipinski definition) is 0. The monoisotopic (exact) mass is 1740 g/mol. The number of benzene rings is 15. The van der Waals surface area contributed by atoms with Crippen molar-refractivity contribution in [3.8, 4) is 69.5 Å². The average molecular weight is 1740 g/mol. The lowest BCUT2D eigenvalue weighted by Gasteiger charge is -2.27. The van der Waals surface area contributed by atoms with Crippen molar-refractivity contribution in [2.75, 3.05) is 72.2 Å². The number of aromatic nitrogens is 6. The van der Waals surface area contributed by atoms with Crippen molar-refractivity contribution in [1.29, 1.82) is 0 Å². The SMILES string of the molecule is CC(C)(C)c1ccc(-c2nnc(-c3ccc(COCCN(CCOCc4ccc(-c5nnc(-c6ccc(C(C)(C)C)cc6)o5)cc4)c4ccc(C#Cc5ccc(C#Cc6ccc(N(CCOCc7ccc(N(c8ccccc8)c8cccc9ccccc89)cc7)CCOCc7ccc(N(c8ccccc8)c8cccc9ccccc89)cc7)cc6)c6nsnc56)cc4)cc3)o2)cc1. The summed E-state index contributed by atoms with van der Waals surface area (Å²) in [6, 6.07) is 122. The molecule has 15 aromatic carbocycles. The van der Waals surface area contributed by atoms with Crippen LogP contribution in [0.4, 0.5) is 45.5 Å². The van der Waals surface area contributed by atoms with Crippen LogP contribution in [-0.4, -0.2) is 81.7 Å². The van der Waals surface area contributed by atoms with Crippen molar-refractivity contribution in [3.05, 3.63) is 407 Å². The van der Waals surface area contributed by atoms with Gasteiger partial charge in [0.05, 0.1) is 87.1 Å². The lowest BCUT2D eigenvalue weighted by atomic mass is 9.87. The fraction of sp³-hybridized carbons (Fsp3) is 0.175. The molecule has 3 heterocycles. The van der Waals surface area contributed by atoms with Crippen molar-refractivity contribution in [2.24, 2.45) is 0 Å². The Kier molecular flexibility index (Phi) is 26.9. The van der Waals surface area contributed by atoms with E-state index in [0.717, 1.165) is 124 Å². The van der Waals surface area contributed by atoms with Gasteiger partial charge in [-0.25, -0.2) is 0 Å². The number of fused-ring (bicyclic) bond motifs is 3. The molecule has 0 saturated carbocycles. The Morgan fingerprint density at radius 1 is 0.282 bits per heavy atom. The Labute approximate surface area is 769 Å². The quantitative estimate of drug-likeness (QED) is 0.0290. The van der Waals surface area contributed by atoms with E-state index in [-0.39, 0.29) is 10.8 Å². The van der Waals surface area contributed by atoms with Gasteiger partial charge in [-0.3, -0.25) is 0 Å². The molecule has 0 N–H and O–H groups in total. The standard InChI is InChI=1S/C114H100N10O6S/c1-113(2,3)95-57-53-93(54-58-95)111-117-115-109(129-111)91-47-33-83(34-48-91)77-125-73-69-121(70-74-126-78-84-35-49-92(50-36-84)110-116-118-112(130-110)94-55-59-96(60-56-94)114(4,5)6)97-61-37-81(38-62-97)31-45-89-51-52-90(108-107(89)119-131-120-108)46-32-82-39-63-98(64-40-82)122(71-75-127-79-85-41-65-101(66-42-85)123(99-23-9-7-10-24-99)105-29-17-21-87-19-13-15-27-103(87)105)72-76-128-80-86-43-67-102(68-44-86)124(100-25-11-8-12-26-100)106-30-18-22-88-20-14-16-28-104(88)106/h7-30,33-44,47-68H,69-80H2,1-6H3. The number of ether oxygens (including phenoxy) is 4. The maximum Gasteiger partial charge on any atom is 0.248 e. The summed E-state index contributed by atoms with van der Waals surface area (Å²) >= 11 is 1.16. The molecule has 131 heavy (non-hydrogen) atoms. The van der Waals surface area contributed by atoms with Crippen LogP contribution in [0.15, 0.2) is 361 Å². The summed E-state index contributed by atoms with van der Waals surface area (Å²) in [4.78, 5) is 9.25. The highest BCUT2D eigenvalue weighted by molar-refractivity contribution is 7.00. The number of para-hydroxylation sites is 2. The first-order chi connectivity index (χ1) is 64.2. The van der Waals surface area contributed by atoms with Crippen molar-refractivity contribution >= 4 is 89.8 Å². The summed E-state index contributed by atoms with van der Waals surface area (Å²) in [7, 11) is 0. The summed E-state index contributed by atoms with van der Waals surface area (Å²) in [5, 5.41) is 22.2. The predicted octanol–water partition coefficient (Wildman–Crippen LogP) is 26.2. The minimum Gasteiger partial charge on any atom is -0.416 e. The molecule has 17 heteroatoms. The molecule has 0 fully saturated rings. The zero-order chi connectivity index (χ0) is 89.3. The number of nitrogens with zero attached hydrogens (tertiary/aromatic N) is 10. The number of anilines is 8. The van der Waals surface area contributed by atoms with Gasteiger partial charge < -0.3 is 47.4 Å². The van der Waals surface area contributed by atoms with Gasteiger partial charge in [0.15, 0.2) is 0 Å². The fourth-order valence-corrected chi connectivity index (χ4v) is 16.6. The molecular formula is C114H100N10O6S. The lowest BCUT2D eigenvalue weighted by molar-refractivity contribution is 0.115. The molecule has 648 valence electrons. The van der Waals surface area contributed by atoms with E-state index in [1.165, 1.54) is 32.7 Å². The topological polar surface area (TPSA) is 154 Å². The van der Waals surface area contributed by atoms with Gasteiger partial charge in [0, 0.05) is 104 Å². The molecule has 18 aromatic rings. The Balaban J connectivity index is 0.527. The van der Waals surface area contributed by atoms with Crippen LogP contribution in [0.25, 0.3) is 78.4 Å². The van der Waals surface area contributed by atoms with E-state index in [1.54, 1.807) is 0 Å². The van der Waals surface area contributed by atoms with Crippen LogP contribution in [0.3, 0.4) is 0 Å². The molecule has 0 aliphatic carbocycles. The zero-order valence-corrected chi connectivity index (χ0v) is 75.1. The van der Waals surface area contributed by atoms with E-state index in [0.29, 0.717) is 114 Å².